The van der Waals surface area contributed by atoms with Crippen LogP contribution in [0.5, 0.6) is 0 Å². The molecule has 2 unspecified atom stereocenters. The van der Waals surface area contributed by atoms with Gasteiger partial charge in [0.2, 0.25) is 0 Å². The molecular formula is C11H19IO2. The van der Waals surface area contributed by atoms with Crippen LogP contribution in [0, 0.1) is 5.92 Å². The normalized spacial score (nSPS) is 34.9. The number of rotatable bonds is 3. The Morgan fingerprint density at radius 1 is 1.14 bits per heavy atom. The van der Waals surface area contributed by atoms with Gasteiger partial charge in [-0.1, -0.05) is 41.9 Å². The predicted octanol–water partition coefficient (Wildman–Crippen LogP) is 2.79. The first-order valence-electron chi connectivity index (χ1n) is 5.69. The first-order valence-corrected chi connectivity index (χ1v) is 6.94. The zero-order chi connectivity index (χ0) is 9.80. The number of alkyl halides is 1. The highest BCUT2D eigenvalue weighted by atomic mass is 127. The summed E-state index contributed by atoms with van der Waals surface area (Å²) in [4.78, 5) is 0. The van der Waals surface area contributed by atoms with Gasteiger partial charge in [-0.05, 0) is 18.8 Å². The summed E-state index contributed by atoms with van der Waals surface area (Å²) in [5, 5.41) is 0. The molecular weight excluding hydrogens is 291 g/mol. The van der Waals surface area contributed by atoms with Gasteiger partial charge in [0, 0.05) is 6.61 Å². The largest absolute Gasteiger partial charge is 0.378 e. The zero-order valence-corrected chi connectivity index (χ0v) is 10.7. The van der Waals surface area contributed by atoms with E-state index in [1.165, 1.54) is 32.1 Å². The Bertz CT molecular complexity index is 169. The molecule has 0 radical (unpaired) electrons. The number of hydrogen-bond donors (Lipinski definition) is 0. The first-order chi connectivity index (χ1) is 6.86. The molecule has 1 heterocycles. The maximum absolute atomic E-state index is 5.92. The van der Waals surface area contributed by atoms with E-state index in [9.17, 15) is 0 Å². The molecule has 2 nitrogen and oxygen atoms in total. The van der Waals surface area contributed by atoms with Crippen molar-refractivity contribution in [3.8, 4) is 0 Å². The average molecular weight is 310 g/mol. The van der Waals surface area contributed by atoms with Gasteiger partial charge in [-0.25, -0.2) is 0 Å². The molecule has 2 fully saturated rings. The Kier molecular flexibility index (Phi) is 4.50. The summed E-state index contributed by atoms with van der Waals surface area (Å²) in [6.07, 6.45) is 7.35. The van der Waals surface area contributed by atoms with E-state index in [0.29, 0.717) is 10.0 Å². The number of hydrogen-bond acceptors (Lipinski definition) is 2. The fourth-order valence-electron chi connectivity index (χ4n) is 2.27. The highest BCUT2D eigenvalue weighted by Gasteiger charge is 2.27. The number of halogens is 1. The molecule has 0 spiro atoms. The average Bonchev–Trinajstić information content (AvgIpc) is 2.63. The molecule has 1 aliphatic carbocycles. The van der Waals surface area contributed by atoms with Crippen LogP contribution in [0.4, 0.5) is 0 Å². The van der Waals surface area contributed by atoms with Crippen LogP contribution in [0.3, 0.4) is 0 Å². The molecule has 1 aliphatic heterocycles. The van der Waals surface area contributed by atoms with E-state index in [2.05, 4.69) is 22.6 Å². The molecule has 0 aromatic rings. The van der Waals surface area contributed by atoms with E-state index < -0.39 is 0 Å². The topological polar surface area (TPSA) is 18.5 Å². The lowest BCUT2D eigenvalue weighted by atomic mass is 9.90. The minimum absolute atomic E-state index is 0.359. The Balaban J connectivity index is 1.65. The Hall–Kier alpha value is 0.650. The lowest BCUT2D eigenvalue weighted by molar-refractivity contribution is 0.0175. The van der Waals surface area contributed by atoms with Gasteiger partial charge < -0.3 is 9.47 Å². The van der Waals surface area contributed by atoms with Gasteiger partial charge in [0.25, 0.3) is 0 Å². The van der Waals surface area contributed by atoms with E-state index >= 15 is 0 Å². The summed E-state index contributed by atoms with van der Waals surface area (Å²) in [6.45, 7) is 2.64. The molecule has 2 rings (SSSR count). The summed E-state index contributed by atoms with van der Waals surface area (Å²) >= 11 is 2.44. The van der Waals surface area contributed by atoms with Crippen molar-refractivity contribution in [1.29, 1.82) is 0 Å². The van der Waals surface area contributed by atoms with Crippen LogP contribution in [0.2, 0.25) is 0 Å². The molecule has 1 saturated carbocycles. The third-order valence-electron chi connectivity index (χ3n) is 3.23. The third kappa shape index (κ3) is 3.07. The SMILES string of the molecule is IC1COCC1OCC1CCCCC1. The minimum atomic E-state index is 0.359. The van der Waals surface area contributed by atoms with E-state index in [-0.39, 0.29) is 0 Å². The Labute approximate surface area is 99.9 Å². The lowest BCUT2D eigenvalue weighted by Crippen LogP contribution is -2.26. The molecule has 0 amide bonds. The maximum Gasteiger partial charge on any atom is 0.0948 e. The van der Waals surface area contributed by atoms with Crippen molar-refractivity contribution in [1.82, 2.24) is 0 Å². The third-order valence-corrected chi connectivity index (χ3v) is 4.40. The predicted molar refractivity (Wildman–Crippen MR) is 64.9 cm³/mol. The lowest BCUT2D eigenvalue weighted by Gasteiger charge is -2.23. The first kappa shape index (κ1) is 11.1. The van der Waals surface area contributed by atoms with Gasteiger partial charge in [0.1, 0.15) is 0 Å². The molecule has 0 aromatic heterocycles. The summed E-state index contributed by atoms with van der Waals surface area (Å²) < 4.78 is 11.9. The summed E-state index contributed by atoms with van der Waals surface area (Å²) in [7, 11) is 0. The Morgan fingerprint density at radius 3 is 2.57 bits per heavy atom. The van der Waals surface area contributed by atoms with Crippen LogP contribution in [0.1, 0.15) is 32.1 Å². The van der Waals surface area contributed by atoms with Crippen LogP contribution < -0.4 is 0 Å². The summed E-state index contributed by atoms with van der Waals surface area (Å²) in [5.74, 6) is 0.827. The maximum atomic E-state index is 5.92. The second-order valence-electron chi connectivity index (χ2n) is 4.43. The zero-order valence-electron chi connectivity index (χ0n) is 8.58. The Morgan fingerprint density at radius 2 is 1.93 bits per heavy atom. The molecule has 2 atom stereocenters. The molecule has 0 aromatic carbocycles. The highest BCUT2D eigenvalue weighted by molar-refractivity contribution is 14.1. The van der Waals surface area contributed by atoms with Gasteiger partial charge in [-0.15, -0.1) is 0 Å². The second-order valence-corrected chi connectivity index (χ2v) is 6.03. The van der Waals surface area contributed by atoms with Gasteiger partial charge in [-0.3, -0.25) is 0 Å². The van der Waals surface area contributed by atoms with Gasteiger partial charge in [-0.2, -0.15) is 0 Å². The van der Waals surface area contributed by atoms with Crippen molar-refractivity contribution in [3.05, 3.63) is 0 Å². The van der Waals surface area contributed by atoms with Gasteiger partial charge in [0.15, 0.2) is 0 Å². The molecule has 82 valence electrons. The van der Waals surface area contributed by atoms with E-state index in [4.69, 9.17) is 9.47 Å². The summed E-state index contributed by atoms with van der Waals surface area (Å²) in [5.41, 5.74) is 0. The smallest absolute Gasteiger partial charge is 0.0948 e. The second kappa shape index (κ2) is 5.66. The van der Waals surface area contributed by atoms with E-state index in [0.717, 1.165) is 25.7 Å². The minimum Gasteiger partial charge on any atom is -0.378 e. The van der Waals surface area contributed by atoms with Gasteiger partial charge >= 0.3 is 0 Å². The van der Waals surface area contributed by atoms with Crippen LogP contribution in [-0.2, 0) is 9.47 Å². The standard InChI is InChI=1S/C11H19IO2/c12-10-7-13-8-11(10)14-6-9-4-2-1-3-5-9/h9-11H,1-8H2. The van der Waals surface area contributed by atoms with E-state index in [1.807, 2.05) is 0 Å². The van der Waals surface area contributed by atoms with Crippen molar-refractivity contribution in [3.63, 3.8) is 0 Å². The molecule has 0 N–H and O–H groups in total. The van der Waals surface area contributed by atoms with Gasteiger partial charge in [0.05, 0.1) is 23.2 Å². The highest BCUT2D eigenvalue weighted by Crippen LogP contribution is 2.25. The van der Waals surface area contributed by atoms with Crippen LogP contribution in [0.25, 0.3) is 0 Å². The van der Waals surface area contributed by atoms with Crippen molar-refractivity contribution >= 4 is 22.6 Å². The summed E-state index contributed by atoms with van der Waals surface area (Å²) in [6, 6.07) is 0. The molecule has 14 heavy (non-hydrogen) atoms. The molecule has 1 saturated heterocycles. The molecule has 3 heteroatoms. The van der Waals surface area contributed by atoms with Crippen molar-refractivity contribution in [2.75, 3.05) is 19.8 Å². The molecule has 0 bridgehead atoms. The van der Waals surface area contributed by atoms with Crippen LogP contribution >= 0.6 is 22.6 Å². The van der Waals surface area contributed by atoms with Crippen molar-refractivity contribution in [2.24, 2.45) is 5.92 Å². The monoisotopic (exact) mass is 310 g/mol. The van der Waals surface area contributed by atoms with E-state index in [1.54, 1.807) is 0 Å². The fourth-order valence-corrected chi connectivity index (χ4v) is 2.94. The number of ether oxygens (including phenoxy) is 2. The van der Waals surface area contributed by atoms with Crippen LogP contribution in [-0.4, -0.2) is 29.8 Å². The van der Waals surface area contributed by atoms with Crippen LogP contribution in [0.15, 0.2) is 0 Å². The quantitative estimate of drug-likeness (QED) is 0.589. The fraction of sp³-hybridized carbons (Fsp3) is 1.00. The van der Waals surface area contributed by atoms with Crippen molar-refractivity contribution in [2.45, 2.75) is 42.1 Å². The van der Waals surface area contributed by atoms with Crippen molar-refractivity contribution < 1.29 is 9.47 Å². The molecule has 2 aliphatic rings.